The van der Waals surface area contributed by atoms with Crippen LogP contribution in [0.15, 0.2) is 29.3 Å². The van der Waals surface area contributed by atoms with Gasteiger partial charge in [0.1, 0.15) is 0 Å². The molecule has 0 spiro atoms. The smallest absolute Gasteiger partial charge is 0.0929 e. The van der Waals surface area contributed by atoms with Crippen molar-refractivity contribution >= 4 is 17.4 Å². The van der Waals surface area contributed by atoms with Gasteiger partial charge >= 0.3 is 0 Å². The molecule has 2 N–H and O–H groups in total. The zero-order chi connectivity index (χ0) is 11.5. The van der Waals surface area contributed by atoms with Gasteiger partial charge in [0.25, 0.3) is 0 Å². The fraction of sp³-hybridized carbons (Fsp3) is 0.273. The van der Waals surface area contributed by atoms with Gasteiger partial charge in [0.15, 0.2) is 0 Å². The van der Waals surface area contributed by atoms with Gasteiger partial charge in [0.2, 0.25) is 0 Å². The maximum Gasteiger partial charge on any atom is 0.0929 e. The fourth-order valence-corrected chi connectivity index (χ4v) is 2.24. The van der Waals surface area contributed by atoms with E-state index in [0.29, 0.717) is 0 Å². The van der Waals surface area contributed by atoms with Crippen LogP contribution < -0.4 is 5.73 Å². The fourth-order valence-electron chi connectivity index (χ4n) is 1.41. The number of aryl methyl sites for hydroxylation is 2. The Kier molecular flexibility index (Phi) is 3.14. The second kappa shape index (κ2) is 4.57. The number of anilines is 1. The lowest BCUT2D eigenvalue weighted by molar-refractivity contribution is 0.714. The molecule has 2 aromatic rings. The standard InChI is InChI=1S/C11H14N4S/c1-8-3-4-11(10(12)5-8)16-7-9-6-15(2)14-13-9/h3-6H,7,12H2,1-2H3. The number of nitrogens with two attached hydrogens (primary N) is 1. The molecule has 0 aliphatic rings. The molecule has 16 heavy (non-hydrogen) atoms. The van der Waals surface area contributed by atoms with E-state index in [1.54, 1.807) is 16.4 Å². The second-order valence-electron chi connectivity index (χ2n) is 3.71. The van der Waals surface area contributed by atoms with Gasteiger partial charge in [-0.25, -0.2) is 0 Å². The van der Waals surface area contributed by atoms with Gasteiger partial charge in [-0.15, -0.1) is 16.9 Å². The highest BCUT2D eigenvalue weighted by atomic mass is 32.2. The summed E-state index contributed by atoms with van der Waals surface area (Å²) in [5.41, 5.74) is 8.90. The van der Waals surface area contributed by atoms with E-state index in [-0.39, 0.29) is 0 Å². The molecule has 0 atom stereocenters. The third-order valence-corrected chi connectivity index (χ3v) is 3.31. The lowest BCUT2D eigenvalue weighted by Gasteiger charge is -2.04. The van der Waals surface area contributed by atoms with Gasteiger partial charge in [-0.3, -0.25) is 4.68 Å². The molecule has 4 nitrogen and oxygen atoms in total. The van der Waals surface area contributed by atoms with Crippen LogP contribution >= 0.6 is 11.8 Å². The minimum atomic E-state index is 0.793. The number of benzene rings is 1. The summed E-state index contributed by atoms with van der Waals surface area (Å²) in [7, 11) is 1.86. The van der Waals surface area contributed by atoms with Gasteiger partial charge in [-0.2, -0.15) is 0 Å². The molecule has 0 unspecified atom stereocenters. The van der Waals surface area contributed by atoms with E-state index in [0.717, 1.165) is 22.0 Å². The lowest BCUT2D eigenvalue weighted by Crippen LogP contribution is -1.90. The Morgan fingerprint density at radius 2 is 2.25 bits per heavy atom. The predicted molar refractivity (Wildman–Crippen MR) is 66.2 cm³/mol. The van der Waals surface area contributed by atoms with Gasteiger partial charge < -0.3 is 5.73 Å². The van der Waals surface area contributed by atoms with Crippen molar-refractivity contribution in [1.82, 2.24) is 15.0 Å². The molecule has 2 rings (SSSR count). The third-order valence-electron chi connectivity index (χ3n) is 2.19. The average Bonchev–Trinajstić information content (AvgIpc) is 2.63. The number of nitrogens with zero attached hydrogens (tertiary/aromatic N) is 3. The topological polar surface area (TPSA) is 56.7 Å². The van der Waals surface area contributed by atoms with E-state index < -0.39 is 0 Å². The normalized spacial score (nSPS) is 10.6. The van der Waals surface area contributed by atoms with Crippen LogP contribution in [0.5, 0.6) is 0 Å². The first-order chi connectivity index (χ1) is 7.65. The monoisotopic (exact) mass is 234 g/mol. The van der Waals surface area contributed by atoms with Gasteiger partial charge in [-0.1, -0.05) is 11.3 Å². The molecule has 0 amide bonds. The van der Waals surface area contributed by atoms with E-state index in [1.807, 2.05) is 32.3 Å². The van der Waals surface area contributed by atoms with Crippen LogP contribution in [0.1, 0.15) is 11.3 Å². The van der Waals surface area contributed by atoms with Crippen LogP contribution in [-0.2, 0) is 12.8 Å². The van der Waals surface area contributed by atoms with Gasteiger partial charge in [0.05, 0.1) is 5.69 Å². The Bertz CT molecular complexity index is 492. The second-order valence-corrected chi connectivity index (χ2v) is 4.73. The molecule has 0 saturated heterocycles. The minimum absolute atomic E-state index is 0.793. The molecule has 0 aliphatic heterocycles. The van der Waals surface area contributed by atoms with Crippen LogP contribution in [0.3, 0.4) is 0 Å². The summed E-state index contributed by atoms with van der Waals surface area (Å²) in [5.74, 6) is 0.793. The van der Waals surface area contributed by atoms with Crippen molar-refractivity contribution in [3.8, 4) is 0 Å². The van der Waals surface area contributed by atoms with Crippen molar-refractivity contribution in [3.05, 3.63) is 35.7 Å². The minimum Gasteiger partial charge on any atom is -0.398 e. The summed E-state index contributed by atoms with van der Waals surface area (Å²) in [6.45, 7) is 2.04. The molecule has 1 aromatic heterocycles. The summed E-state index contributed by atoms with van der Waals surface area (Å²) in [6, 6.07) is 6.10. The largest absolute Gasteiger partial charge is 0.398 e. The Labute approximate surface area is 98.8 Å². The zero-order valence-electron chi connectivity index (χ0n) is 9.34. The van der Waals surface area contributed by atoms with Crippen LogP contribution in [0.4, 0.5) is 5.69 Å². The molecule has 0 aliphatic carbocycles. The summed E-state index contributed by atoms with van der Waals surface area (Å²) in [4.78, 5) is 1.09. The molecule has 84 valence electrons. The molecule has 1 heterocycles. The van der Waals surface area contributed by atoms with Crippen molar-refractivity contribution in [2.45, 2.75) is 17.6 Å². The maximum absolute atomic E-state index is 5.93. The molecule has 0 bridgehead atoms. The summed E-state index contributed by atoms with van der Waals surface area (Å²) in [5, 5.41) is 7.92. The van der Waals surface area contributed by atoms with Crippen molar-refractivity contribution in [1.29, 1.82) is 0 Å². The molecule has 0 fully saturated rings. The molecule has 0 saturated carbocycles. The number of hydrogen-bond acceptors (Lipinski definition) is 4. The van der Waals surface area contributed by atoms with E-state index in [4.69, 9.17) is 5.73 Å². The van der Waals surface area contributed by atoms with Gasteiger partial charge in [0, 0.05) is 29.6 Å². The number of hydrogen-bond donors (Lipinski definition) is 1. The summed E-state index contributed by atoms with van der Waals surface area (Å²) < 4.78 is 1.70. The Morgan fingerprint density at radius 3 is 2.88 bits per heavy atom. The summed E-state index contributed by atoms with van der Waals surface area (Å²) in [6.07, 6.45) is 1.91. The number of aromatic nitrogens is 3. The summed E-state index contributed by atoms with van der Waals surface area (Å²) >= 11 is 1.68. The Hall–Kier alpha value is -1.49. The SMILES string of the molecule is Cc1ccc(SCc2cn(C)nn2)c(N)c1. The first kappa shape index (κ1) is 11.0. The number of thioether (sulfide) groups is 1. The van der Waals surface area contributed by atoms with Gasteiger partial charge in [-0.05, 0) is 24.6 Å². The molecule has 5 heteroatoms. The number of rotatable bonds is 3. The van der Waals surface area contributed by atoms with Crippen molar-refractivity contribution in [2.24, 2.45) is 7.05 Å². The maximum atomic E-state index is 5.93. The quantitative estimate of drug-likeness (QED) is 0.652. The van der Waals surface area contributed by atoms with Crippen LogP contribution in [0, 0.1) is 6.92 Å². The molecular weight excluding hydrogens is 220 g/mol. The van der Waals surface area contributed by atoms with Crippen molar-refractivity contribution < 1.29 is 0 Å². The first-order valence-electron chi connectivity index (χ1n) is 4.99. The Morgan fingerprint density at radius 1 is 1.44 bits per heavy atom. The van der Waals surface area contributed by atoms with Crippen molar-refractivity contribution in [3.63, 3.8) is 0 Å². The third kappa shape index (κ3) is 2.55. The van der Waals surface area contributed by atoms with E-state index >= 15 is 0 Å². The predicted octanol–water partition coefficient (Wildman–Crippen LogP) is 2.00. The highest BCUT2D eigenvalue weighted by molar-refractivity contribution is 7.98. The van der Waals surface area contributed by atoms with Crippen LogP contribution in [-0.4, -0.2) is 15.0 Å². The molecule has 1 aromatic carbocycles. The van der Waals surface area contributed by atoms with Crippen LogP contribution in [0.2, 0.25) is 0 Å². The number of nitrogen functional groups attached to an aromatic ring is 1. The zero-order valence-corrected chi connectivity index (χ0v) is 10.2. The first-order valence-corrected chi connectivity index (χ1v) is 5.98. The van der Waals surface area contributed by atoms with E-state index in [1.165, 1.54) is 5.56 Å². The van der Waals surface area contributed by atoms with Crippen LogP contribution in [0.25, 0.3) is 0 Å². The molecular formula is C11H14N4S. The van der Waals surface area contributed by atoms with E-state index in [2.05, 4.69) is 16.4 Å². The lowest BCUT2D eigenvalue weighted by atomic mass is 10.2. The highest BCUT2D eigenvalue weighted by Gasteiger charge is 2.03. The van der Waals surface area contributed by atoms with E-state index in [9.17, 15) is 0 Å². The average molecular weight is 234 g/mol. The highest BCUT2D eigenvalue weighted by Crippen LogP contribution is 2.27. The Balaban J connectivity index is 2.04. The molecule has 0 radical (unpaired) electrons. The van der Waals surface area contributed by atoms with Crippen molar-refractivity contribution in [2.75, 3.05) is 5.73 Å².